The molecule has 6 heteroatoms. The van der Waals surface area contributed by atoms with Gasteiger partial charge in [0.25, 0.3) is 10.7 Å². The number of oxazole rings is 1. The molecule has 1 fully saturated rings. The minimum Gasteiger partial charge on any atom is -0.429 e. The largest absolute Gasteiger partial charge is 0.429 e. The molecule has 2 N–H and O–H groups in total. The number of amides is 1. The van der Waals surface area contributed by atoms with Crippen molar-refractivity contribution in [2.45, 2.75) is 19.3 Å². The van der Waals surface area contributed by atoms with Gasteiger partial charge in [0.2, 0.25) is 0 Å². The summed E-state index contributed by atoms with van der Waals surface area (Å²) in [4.78, 5) is 15.5. The predicted octanol–water partition coefficient (Wildman–Crippen LogP) is 3.04. The van der Waals surface area contributed by atoms with Gasteiger partial charge in [-0.05, 0) is 55.1 Å². The molecule has 3 rings (SSSR count). The third-order valence-corrected chi connectivity index (χ3v) is 4.29. The predicted molar refractivity (Wildman–Crippen MR) is 81.9 cm³/mol. The van der Waals surface area contributed by atoms with E-state index in [9.17, 15) is 4.79 Å². The molecule has 1 aliphatic carbocycles. The molecule has 21 heavy (non-hydrogen) atoms. The van der Waals surface area contributed by atoms with Crippen LogP contribution in [0, 0.1) is 10.3 Å². The fourth-order valence-electron chi connectivity index (χ4n) is 2.47. The van der Waals surface area contributed by atoms with E-state index in [0.29, 0.717) is 22.5 Å². The van der Waals surface area contributed by atoms with Crippen LogP contribution < -0.4 is 5.32 Å². The molecule has 1 aliphatic rings. The van der Waals surface area contributed by atoms with Crippen molar-refractivity contribution in [3.05, 3.63) is 28.6 Å². The lowest BCUT2D eigenvalue weighted by Crippen LogP contribution is -2.30. The Balaban J connectivity index is 1.65. The zero-order valence-electron chi connectivity index (χ0n) is 11.9. The van der Waals surface area contributed by atoms with Gasteiger partial charge in [0.05, 0.1) is 5.52 Å². The number of methoxy groups -OCH3 is 1. The Bertz CT molecular complexity index is 715. The van der Waals surface area contributed by atoms with Gasteiger partial charge in [-0.25, -0.2) is 0 Å². The van der Waals surface area contributed by atoms with E-state index in [1.807, 2.05) is 0 Å². The Labute approximate surface area is 127 Å². The maximum absolute atomic E-state index is 12.2. The number of H-pyrrole nitrogens is 1. The van der Waals surface area contributed by atoms with Crippen LogP contribution >= 0.6 is 12.2 Å². The summed E-state index contributed by atoms with van der Waals surface area (Å²) in [6, 6.07) is 5.29. The minimum atomic E-state index is -0.0806. The van der Waals surface area contributed by atoms with E-state index >= 15 is 0 Å². The number of rotatable bonds is 6. The third kappa shape index (κ3) is 3.16. The summed E-state index contributed by atoms with van der Waals surface area (Å²) in [5, 5.41) is 3.01. The number of nitrogens with one attached hydrogen (secondary N) is 2. The zero-order chi connectivity index (χ0) is 14.9. The average Bonchev–Trinajstić information content (AvgIpc) is 3.15. The lowest BCUT2D eigenvalue weighted by molar-refractivity contribution is 0.0938. The molecule has 0 unspecified atom stereocenters. The molecule has 1 saturated carbocycles. The van der Waals surface area contributed by atoms with Crippen molar-refractivity contribution in [1.82, 2.24) is 10.3 Å². The first kappa shape index (κ1) is 14.3. The Morgan fingerprint density at radius 1 is 1.52 bits per heavy atom. The number of carbonyl (C=O) groups excluding carboxylic acids is 1. The minimum absolute atomic E-state index is 0.0806. The van der Waals surface area contributed by atoms with Crippen LogP contribution in [0.5, 0.6) is 0 Å². The van der Waals surface area contributed by atoms with E-state index in [1.54, 1.807) is 25.3 Å². The van der Waals surface area contributed by atoms with Gasteiger partial charge in [-0.3, -0.25) is 4.79 Å². The van der Waals surface area contributed by atoms with Crippen molar-refractivity contribution < 1.29 is 13.9 Å². The molecular formula is C15H18N2O3S. The Morgan fingerprint density at radius 2 is 2.33 bits per heavy atom. The van der Waals surface area contributed by atoms with Crippen LogP contribution in [0.1, 0.15) is 29.6 Å². The summed E-state index contributed by atoms with van der Waals surface area (Å²) in [5.41, 5.74) is 2.23. The molecule has 0 spiro atoms. The number of ether oxygens (including phenoxy) is 1. The Morgan fingerprint density at radius 3 is 3.05 bits per heavy atom. The van der Waals surface area contributed by atoms with Gasteiger partial charge in [-0.1, -0.05) is 0 Å². The molecule has 0 atom stereocenters. The number of aromatic amines is 1. The second-order valence-corrected chi connectivity index (χ2v) is 6.02. The second-order valence-electron chi connectivity index (χ2n) is 5.65. The van der Waals surface area contributed by atoms with Crippen LogP contribution in [0.3, 0.4) is 0 Å². The topological polar surface area (TPSA) is 67.3 Å². The summed E-state index contributed by atoms with van der Waals surface area (Å²) in [5.74, 6) is -0.0806. The van der Waals surface area contributed by atoms with Gasteiger partial charge in [0.1, 0.15) is 0 Å². The van der Waals surface area contributed by atoms with Crippen LogP contribution in [0.15, 0.2) is 22.6 Å². The molecular weight excluding hydrogens is 288 g/mol. The Hall–Kier alpha value is -1.66. The summed E-state index contributed by atoms with van der Waals surface area (Å²) < 4.78 is 10.5. The van der Waals surface area contributed by atoms with Crippen molar-refractivity contribution in [1.29, 1.82) is 0 Å². The van der Waals surface area contributed by atoms with Crippen LogP contribution in [0.4, 0.5) is 0 Å². The number of aromatic nitrogens is 1. The molecule has 0 radical (unpaired) electrons. The van der Waals surface area contributed by atoms with Gasteiger partial charge >= 0.3 is 0 Å². The highest BCUT2D eigenvalue weighted by Crippen LogP contribution is 2.48. The molecule has 1 heterocycles. The van der Waals surface area contributed by atoms with E-state index in [4.69, 9.17) is 21.4 Å². The van der Waals surface area contributed by atoms with Crippen molar-refractivity contribution in [2.75, 3.05) is 20.3 Å². The molecule has 1 amide bonds. The van der Waals surface area contributed by atoms with E-state index in [0.717, 1.165) is 31.4 Å². The Kier molecular flexibility index (Phi) is 3.82. The first-order valence-electron chi connectivity index (χ1n) is 7.02. The van der Waals surface area contributed by atoms with Crippen LogP contribution in [-0.4, -0.2) is 31.2 Å². The highest BCUT2D eigenvalue weighted by molar-refractivity contribution is 7.71. The molecule has 1 aromatic carbocycles. The smallest absolute Gasteiger partial charge is 0.266 e. The zero-order valence-corrected chi connectivity index (χ0v) is 12.7. The molecule has 1 aromatic heterocycles. The second kappa shape index (κ2) is 5.61. The maximum atomic E-state index is 12.2. The first-order valence-corrected chi connectivity index (χ1v) is 7.43. The normalized spacial score (nSPS) is 16.0. The van der Waals surface area contributed by atoms with E-state index in [-0.39, 0.29) is 11.3 Å². The van der Waals surface area contributed by atoms with Gasteiger partial charge in [0.15, 0.2) is 5.58 Å². The third-order valence-electron chi connectivity index (χ3n) is 4.10. The molecule has 5 nitrogen and oxygen atoms in total. The van der Waals surface area contributed by atoms with E-state index in [1.165, 1.54) is 0 Å². The lowest BCUT2D eigenvalue weighted by atomic mass is 10.0. The highest BCUT2D eigenvalue weighted by atomic mass is 32.1. The fourth-order valence-corrected chi connectivity index (χ4v) is 2.67. The van der Waals surface area contributed by atoms with E-state index in [2.05, 4.69) is 10.3 Å². The van der Waals surface area contributed by atoms with Crippen LogP contribution in [0.25, 0.3) is 11.1 Å². The molecule has 0 bridgehead atoms. The number of hydrogen-bond acceptors (Lipinski definition) is 4. The van der Waals surface area contributed by atoms with Crippen molar-refractivity contribution in [3.8, 4) is 0 Å². The number of carbonyl (C=O) groups is 1. The molecule has 2 aromatic rings. The quantitative estimate of drug-likeness (QED) is 0.805. The number of fused-ring (bicyclic) bond motifs is 1. The maximum Gasteiger partial charge on any atom is 0.266 e. The highest BCUT2D eigenvalue weighted by Gasteiger charge is 2.42. The molecule has 0 saturated heterocycles. The summed E-state index contributed by atoms with van der Waals surface area (Å²) in [6.45, 7) is 1.44. The summed E-state index contributed by atoms with van der Waals surface area (Å²) >= 11 is 4.94. The number of hydrogen-bond donors (Lipinski definition) is 2. The monoisotopic (exact) mass is 306 g/mol. The van der Waals surface area contributed by atoms with Gasteiger partial charge in [-0.15, -0.1) is 0 Å². The molecule has 0 aliphatic heterocycles. The summed E-state index contributed by atoms with van der Waals surface area (Å²) in [7, 11) is 1.71. The average molecular weight is 306 g/mol. The molecule has 112 valence electrons. The number of benzene rings is 1. The summed E-state index contributed by atoms with van der Waals surface area (Å²) in [6.07, 6.45) is 3.31. The first-order chi connectivity index (χ1) is 10.1. The van der Waals surface area contributed by atoms with Gasteiger partial charge in [0, 0.05) is 25.8 Å². The standard InChI is InChI=1S/C15H18N2O3S/c1-19-7-6-15(4-5-15)9-16-13(18)10-2-3-11-12(8-10)20-14(21)17-11/h2-3,8H,4-7,9H2,1H3,(H,16,18)(H,17,21). The van der Waals surface area contributed by atoms with Gasteiger partial charge in [-0.2, -0.15) is 0 Å². The van der Waals surface area contributed by atoms with Crippen molar-refractivity contribution >= 4 is 29.2 Å². The van der Waals surface area contributed by atoms with Crippen molar-refractivity contribution in [2.24, 2.45) is 5.41 Å². The van der Waals surface area contributed by atoms with Crippen molar-refractivity contribution in [3.63, 3.8) is 0 Å². The SMILES string of the molecule is COCCC1(CNC(=O)c2ccc3[nH]c(=S)oc3c2)CC1. The lowest BCUT2D eigenvalue weighted by Gasteiger charge is -2.15. The van der Waals surface area contributed by atoms with Gasteiger partial charge < -0.3 is 19.5 Å². The fraction of sp³-hybridized carbons (Fsp3) is 0.467. The van der Waals surface area contributed by atoms with Crippen LogP contribution in [0.2, 0.25) is 0 Å². The van der Waals surface area contributed by atoms with Crippen LogP contribution in [-0.2, 0) is 4.74 Å². The van der Waals surface area contributed by atoms with E-state index < -0.39 is 0 Å².